The van der Waals surface area contributed by atoms with Crippen molar-refractivity contribution in [1.29, 1.82) is 0 Å². The van der Waals surface area contributed by atoms with Gasteiger partial charge in [0.25, 0.3) is 0 Å². The molecule has 1 aliphatic heterocycles. The van der Waals surface area contributed by atoms with Crippen molar-refractivity contribution < 1.29 is 20.1 Å². The van der Waals surface area contributed by atoms with E-state index in [9.17, 15) is 20.1 Å². The Kier molecular flexibility index (Phi) is 6.78. The molecule has 0 unspecified atom stereocenters. The van der Waals surface area contributed by atoms with E-state index in [-0.39, 0.29) is 47.4 Å². The summed E-state index contributed by atoms with van der Waals surface area (Å²) in [5, 5.41) is 28.5. The summed E-state index contributed by atoms with van der Waals surface area (Å²) in [6.07, 6.45) is 4.70. The van der Waals surface area contributed by atoms with Crippen molar-refractivity contribution in [2.45, 2.75) is 32.1 Å². The smallest absolute Gasteiger partial charge is 0.170 e. The first-order valence-electron chi connectivity index (χ1n) is 7.08. The molecule has 3 N–H and O–H groups in total. The molecular formula is C15H22ClNO4. The zero-order chi connectivity index (χ0) is 14.5. The molecule has 1 saturated heterocycles. The third kappa shape index (κ3) is 4.79. The lowest BCUT2D eigenvalue weighted by Crippen LogP contribution is -2.30. The van der Waals surface area contributed by atoms with E-state index in [1.54, 1.807) is 0 Å². The summed E-state index contributed by atoms with van der Waals surface area (Å²) in [6.45, 7) is 3.04. The van der Waals surface area contributed by atoms with Gasteiger partial charge < -0.3 is 20.2 Å². The first-order valence-corrected chi connectivity index (χ1v) is 7.08. The third-order valence-electron chi connectivity index (χ3n) is 3.69. The number of hydrogen-bond acceptors (Lipinski definition) is 5. The quantitative estimate of drug-likeness (QED) is 0.728. The monoisotopic (exact) mass is 315 g/mol. The summed E-state index contributed by atoms with van der Waals surface area (Å²) in [7, 11) is 0. The number of likely N-dealkylation sites (tertiary alicyclic amines) is 1. The second kappa shape index (κ2) is 8.10. The summed E-state index contributed by atoms with van der Waals surface area (Å²) in [5.41, 5.74) is -0.0959. The Morgan fingerprint density at radius 3 is 2.19 bits per heavy atom. The average molecular weight is 316 g/mol. The van der Waals surface area contributed by atoms with Crippen molar-refractivity contribution in [3.8, 4) is 17.2 Å². The van der Waals surface area contributed by atoms with Crippen LogP contribution in [0.2, 0.25) is 0 Å². The number of ketones is 1. The van der Waals surface area contributed by atoms with Gasteiger partial charge in [0, 0.05) is 18.6 Å². The summed E-state index contributed by atoms with van der Waals surface area (Å²) in [6, 6.07) is 2.13. The molecule has 0 radical (unpaired) electrons. The highest BCUT2D eigenvalue weighted by Crippen LogP contribution is 2.33. The van der Waals surface area contributed by atoms with Gasteiger partial charge >= 0.3 is 0 Å². The lowest BCUT2D eigenvalue weighted by Gasteiger charge is -2.26. The highest BCUT2D eigenvalue weighted by atomic mass is 35.5. The van der Waals surface area contributed by atoms with Crippen molar-refractivity contribution in [3.63, 3.8) is 0 Å². The van der Waals surface area contributed by atoms with E-state index in [2.05, 4.69) is 4.90 Å². The molecule has 1 aliphatic rings. The number of rotatable bonds is 5. The minimum absolute atomic E-state index is 0. The fraction of sp³-hybridized carbons (Fsp3) is 0.533. The molecule has 0 aliphatic carbocycles. The molecule has 5 nitrogen and oxygen atoms in total. The predicted molar refractivity (Wildman–Crippen MR) is 82.5 cm³/mol. The third-order valence-corrected chi connectivity index (χ3v) is 3.69. The SMILES string of the molecule is Cl.O=C(CCCN1CCCCC1)c1c(O)cc(O)cc1O. The second-order valence-electron chi connectivity index (χ2n) is 5.29. The molecule has 118 valence electrons. The first kappa shape index (κ1) is 17.6. The summed E-state index contributed by atoms with van der Waals surface area (Å²) in [4.78, 5) is 14.4. The molecule has 0 atom stereocenters. The Morgan fingerprint density at radius 1 is 1.05 bits per heavy atom. The number of carbonyl (C=O) groups is 1. The van der Waals surface area contributed by atoms with Crippen LogP contribution in [0.15, 0.2) is 12.1 Å². The number of phenolic OH excluding ortho intramolecular Hbond substituents is 3. The maximum absolute atomic E-state index is 12.0. The Hall–Kier alpha value is -1.46. The number of nitrogens with zero attached hydrogens (tertiary/aromatic N) is 1. The topological polar surface area (TPSA) is 81.0 Å². The zero-order valence-electron chi connectivity index (χ0n) is 11.9. The van der Waals surface area contributed by atoms with Gasteiger partial charge in [0.1, 0.15) is 22.8 Å². The van der Waals surface area contributed by atoms with Crippen LogP contribution in [-0.4, -0.2) is 45.6 Å². The van der Waals surface area contributed by atoms with Crippen LogP contribution in [0.1, 0.15) is 42.5 Å². The number of benzene rings is 1. The Morgan fingerprint density at radius 2 is 1.62 bits per heavy atom. The van der Waals surface area contributed by atoms with Gasteiger partial charge in [-0.1, -0.05) is 6.42 Å². The van der Waals surface area contributed by atoms with Crippen LogP contribution in [0.5, 0.6) is 17.2 Å². The molecule has 2 rings (SSSR count). The molecule has 1 heterocycles. The molecular weight excluding hydrogens is 294 g/mol. The van der Waals surface area contributed by atoms with Gasteiger partial charge in [-0.3, -0.25) is 4.79 Å². The highest BCUT2D eigenvalue weighted by Gasteiger charge is 2.18. The summed E-state index contributed by atoms with van der Waals surface area (Å²) >= 11 is 0. The normalized spacial score (nSPS) is 15.4. The standard InChI is InChI=1S/C15H21NO4.ClH/c17-11-9-13(19)15(14(20)10-11)12(18)5-4-8-16-6-2-1-3-7-16;/h9-10,17,19-20H,1-8H2;1H. The van der Waals surface area contributed by atoms with Gasteiger partial charge in [-0.2, -0.15) is 0 Å². The van der Waals surface area contributed by atoms with Crippen molar-refractivity contribution in [3.05, 3.63) is 17.7 Å². The van der Waals surface area contributed by atoms with Gasteiger partial charge in [0.2, 0.25) is 0 Å². The van der Waals surface area contributed by atoms with Crippen molar-refractivity contribution >= 4 is 18.2 Å². The molecule has 21 heavy (non-hydrogen) atoms. The zero-order valence-corrected chi connectivity index (χ0v) is 12.7. The lowest BCUT2D eigenvalue weighted by atomic mass is 10.0. The van der Waals surface area contributed by atoms with Gasteiger partial charge in [0.05, 0.1) is 0 Å². The number of piperidine rings is 1. The fourth-order valence-electron chi connectivity index (χ4n) is 2.65. The first-order chi connectivity index (χ1) is 9.58. The minimum Gasteiger partial charge on any atom is -0.508 e. The van der Waals surface area contributed by atoms with E-state index in [1.165, 1.54) is 19.3 Å². The van der Waals surface area contributed by atoms with Crippen LogP contribution in [0.4, 0.5) is 0 Å². The predicted octanol–water partition coefficient (Wildman–Crippen LogP) is 2.67. The van der Waals surface area contributed by atoms with E-state index < -0.39 is 0 Å². The highest BCUT2D eigenvalue weighted by molar-refractivity contribution is 6.01. The van der Waals surface area contributed by atoms with Crippen LogP contribution in [0, 0.1) is 0 Å². The van der Waals surface area contributed by atoms with E-state index in [0.29, 0.717) is 6.42 Å². The molecule has 0 amide bonds. The van der Waals surface area contributed by atoms with Crippen LogP contribution in [0.3, 0.4) is 0 Å². The number of aromatic hydroxyl groups is 3. The van der Waals surface area contributed by atoms with E-state index in [4.69, 9.17) is 0 Å². The van der Waals surface area contributed by atoms with Crippen LogP contribution >= 0.6 is 12.4 Å². The molecule has 1 aromatic rings. The van der Waals surface area contributed by atoms with Gasteiger partial charge in [-0.15, -0.1) is 12.4 Å². The minimum atomic E-state index is -0.370. The molecule has 0 saturated carbocycles. The van der Waals surface area contributed by atoms with Crippen molar-refractivity contribution in [2.24, 2.45) is 0 Å². The maximum Gasteiger partial charge on any atom is 0.170 e. The van der Waals surface area contributed by atoms with E-state index in [0.717, 1.165) is 31.8 Å². The molecule has 1 fully saturated rings. The molecule has 6 heteroatoms. The Bertz CT molecular complexity index is 464. The summed E-state index contributed by atoms with van der Waals surface area (Å²) in [5.74, 6) is -1.29. The fourth-order valence-corrected chi connectivity index (χ4v) is 2.65. The number of carbonyl (C=O) groups excluding carboxylic acids is 1. The molecule has 0 spiro atoms. The number of hydrogen-bond donors (Lipinski definition) is 3. The Labute approximate surface area is 130 Å². The number of Topliss-reactive ketones (excluding diaryl/α,β-unsaturated/α-hetero) is 1. The molecule has 0 bridgehead atoms. The molecule has 0 aromatic heterocycles. The largest absolute Gasteiger partial charge is 0.508 e. The van der Waals surface area contributed by atoms with Gasteiger partial charge in [-0.25, -0.2) is 0 Å². The van der Waals surface area contributed by atoms with Crippen molar-refractivity contribution in [2.75, 3.05) is 19.6 Å². The average Bonchev–Trinajstić information content (AvgIpc) is 2.38. The number of halogens is 1. The van der Waals surface area contributed by atoms with E-state index >= 15 is 0 Å². The lowest BCUT2D eigenvalue weighted by molar-refractivity contribution is 0.0967. The van der Waals surface area contributed by atoms with Gasteiger partial charge in [-0.05, 0) is 38.9 Å². The maximum atomic E-state index is 12.0. The van der Waals surface area contributed by atoms with Crippen LogP contribution < -0.4 is 0 Å². The molecule has 1 aromatic carbocycles. The van der Waals surface area contributed by atoms with Crippen molar-refractivity contribution in [1.82, 2.24) is 4.90 Å². The number of phenols is 3. The van der Waals surface area contributed by atoms with Gasteiger partial charge in [0.15, 0.2) is 5.78 Å². The van der Waals surface area contributed by atoms with Crippen LogP contribution in [-0.2, 0) is 0 Å². The van der Waals surface area contributed by atoms with Crippen LogP contribution in [0.25, 0.3) is 0 Å². The second-order valence-corrected chi connectivity index (χ2v) is 5.29. The Balaban J connectivity index is 0.00000220. The summed E-state index contributed by atoms with van der Waals surface area (Å²) < 4.78 is 0. The van der Waals surface area contributed by atoms with E-state index in [1.807, 2.05) is 0 Å².